The first-order valence-corrected chi connectivity index (χ1v) is 8.85. The number of aliphatic hydroxyl groups excluding tert-OH is 1. The van der Waals surface area contributed by atoms with Gasteiger partial charge in [0.2, 0.25) is 0 Å². The van der Waals surface area contributed by atoms with Gasteiger partial charge >= 0.3 is 0 Å². The lowest BCUT2D eigenvalue weighted by Gasteiger charge is -2.11. The van der Waals surface area contributed by atoms with Crippen LogP contribution in [-0.2, 0) is 9.84 Å². The number of hydrogen-bond acceptors (Lipinski definition) is 4. The molecule has 2 aromatic rings. The maximum atomic E-state index is 12.1. The number of sulfone groups is 1. The SMILES string of the molecule is O=S(=O)(CC(O)CSc1ccccc1)c1ccccc1. The molecular formula is C15H16O3S2. The summed E-state index contributed by atoms with van der Waals surface area (Å²) in [5.74, 6) is 0.104. The van der Waals surface area contributed by atoms with Crippen LogP contribution in [0.3, 0.4) is 0 Å². The third-order valence-corrected chi connectivity index (χ3v) is 5.67. The molecule has 0 amide bonds. The van der Waals surface area contributed by atoms with E-state index in [0.29, 0.717) is 5.75 Å². The van der Waals surface area contributed by atoms with Gasteiger partial charge in [0.25, 0.3) is 0 Å². The Balaban J connectivity index is 1.93. The van der Waals surface area contributed by atoms with Gasteiger partial charge in [0.05, 0.1) is 16.8 Å². The van der Waals surface area contributed by atoms with Crippen LogP contribution in [0.1, 0.15) is 0 Å². The first kappa shape index (κ1) is 15.1. The van der Waals surface area contributed by atoms with Gasteiger partial charge in [0.15, 0.2) is 9.84 Å². The second-order valence-electron chi connectivity index (χ2n) is 4.37. The zero-order chi connectivity index (χ0) is 14.4. The molecule has 0 heterocycles. The fraction of sp³-hybridized carbons (Fsp3) is 0.200. The summed E-state index contributed by atoms with van der Waals surface area (Å²) in [5, 5.41) is 9.91. The van der Waals surface area contributed by atoms with Crippen molar-refractivity contribution in [3.05, 3.63) is 60.7 Å². The van der Waals surface area contributed by atoms with Gasteiger partial charge < -0.3 is 5.11 Å². The van der Waals surface area contributed by atoms with E-state index in [1.54, 1.807) is 30.3 Å². The summed E-state index contributed by atoms with van der Waals surface area (Å²) in [6.45, 7) is 0. The predicted octanol–water partition coefficient (Wildman–Crippen LogP) is 2.61. The fourth-order valence-electron chi connectivity index (χ4n) is 1.73. The summed E-state index contributed by atoms with van der Waals surface area (Å²) in [5.41, 5.74) is 0. The summed E-state index contributed by atoms with van der Waals surface area (Å²) in [7, 11) is -3.43. The van der Waals surface area contributed by atoms with Gasteiger partial charge in [-0.05, 0) is 24.3 Å². The van der Waals surface area contributed by atoms with Gasteiger partial charge in [0.1, 0.15) is 0 Å². The molecule has 2 aromatic carbocycles. The zero-order valence-corrected chi connectivity index (χ0v) is 12.5. The molecule has 0 saturated heterocycles. The molecule has 0 fully saturated rings. The Morgan fingerprint density at radius 1 is 0.950 bits per heavy atom. The largest absolute Gasteiger partial charge is 0.391 e. The molecule has 0 bridgehead atoms. The van der Waals surface area contributed by atoms with Crippen molar-refractivity contribution < 1.29 is 13.5 Å². The molecule has 2 rings (SSSR count). The highest BCUT2D eigenvalue weighted by atomic mass is 32.2. The number of thioether (sulfide) groups is 1. The highest BCUT2D eigenvalue weighted by Gasteiger charge is 2.19. The minimum absolute atomic E-state index is 0.253. The van der Waals surface area contributed by atoms with Crippen molar-refractivity contribution in [2.75, 3.05) is 11.5 Å². The van der Waals surface area contributed by atoms with E-state index in [2.05, 4.69) is 0 Å². The van der Waals surface area contributed by atoms with E-state index in [1.165, 1.54) is 11.8 Å². The van der Waals surface area contributed by atoms with Gasteiger partial charge in [-0.25, -0.2) is 8.42 Å². The molecule has 1 atom stereocenters. The molecule has 3 nitrogen and oxygen atoms in total. The average molecular weight is 308 g/mol. The van der Waals surface area contributed by atoms with Crippen molar-refractivity contribution in [1.29, 1.82) is 0 Å². The smallest absolute Gasteiger partial charge is 0.180 e. The number of benzene rings is 2. The van der Waals surface area contributed by atoms with E-state index < -0.39 is 15.9 Å². The van der Waals surface area contributed by atoms with Crippen LogP contribution in [0.4, 0.5) is 0 Å². The van der Waals surface area contributed by atoms with Gasteiger partial charge in [-0.1, -0.05) is 36.4 Å². The summed E-state index contributed by atoms with van der Waals surface area (Å²) < 4.78 is 24.2. The Bertz CT molecular complexity index is 625. The van der Waals surface area contributed by atoms with Crippen molar-refractivity contribution in [1.82, 2.24) is 0 Å². The van der Waals surface area contributed by atoms with Crippen LogP contribution in [0.2, 0.25) is 0 Å². The van der Waals surface area contributed by atoms with Crippen molar-refractivity contribution in [3.8, 4) is 0 Å². The second-order valence-corrected chi connectivity index (χ2v) is 7.50. The number of rotatable bonds is 6. The lowest BCUT2D eigenvalue weighted by atomic mass is 10.4. The van der Waals surface area contributed by atoms with Crippen molar-refractivity contribution in [2.45, 2.75) is 15.9 Å². The molecule has 0 aliphatic rings. The molecule has 1 N–H and O–H groups in total. The normalized spacial score (nSPS) is 13.1. The standard InChI is InChI=1S/C15H16O3S2/c16-13(11-19-14-7-3-1-4-8-14)12-20(17,18)15-9-5-2-6-10-15/h1-10,13,16H,11-12H2. The van der Waals surface area contributed by atoms with Crippen LogP contribution in [0.25, 0.3) is 0 Å². The quantitative estimate of drug-likeness (QED) is 0.834. The van der Waals surface area contributed by atoms with E-state index in [-0.39, 0.29) is 10.6 Å². The summed E-state index contributed by atoms with van der Waals surface area (Å²) >= 11 is 1.45. The summed E-state index contributed by atoms with van der Waals surface area (Å²) in [6.07, 6.45) is -0.884. The Labute approximate surface area is 123 Å². The maximum absolute atomic E-state index is 12.1. The molecule has 106 valence electrons. The maximum Gasteiger partial charge on any atom is 0.180 e. The van der Waals surface area contributed by atoms with Crippen LogP contribution in [0, 0.1) is 0 Å². The second kappa shape index (κ2) is 6.92. The molecule has 0 spiro atoms. The van der Waals surface area contributed by atoms with E-state index in [4.69, 9.17) is 0 Å². The van der Waals surface area contributed by atoms with Crippen LogP contribution >= 0.6 is 11.8 Å². The highest BCUT2D eigenvalue weighted by molar-refractivity contribution is 7.99. The molecule has 0 aromatic heterocycles. The Hall–Kier alpha value is -1.30. The van der Waals surface area contributed by atoms with Crippen LogP contribution < -0.4 is 0 Å². The minimum Gasteiger partial charge on any atom is -0.391 e. The molecule has 0 radical (unpaired) electrons. The molecule has 1 unspecified atom stereocenters. The molecule has 20 heavy (non-hydrogen) atoms. The number of aliphatic hydroxyl groups is 1. The Morgan fingerprint density at radius 3 is 2.10 bits per heavy atom. The number of hydrogen-bond donors (Lipinski definition) is 1. The van der Waals surface area contributed by atoms with Gasteiger partial charge in [-0.15, -0.1) is 11.8 Å². The van der Waals surface area contributed by atoms with Crippen molar-refractivity contribution >= 4 is 21.6 Å². The Morgan fingerprint density at radius 2 is 1.50 bits per heavy atom. The van der Waals surface area contributed by atoms with Gasteiger partial charge in [0, 0.05) is 10.6 Å². The van der Waals surface area contributed by atoms with E-state index in [0.717, 1.165) is 4.90 Å². The van der Waals surface area contributed by atoms with Gasteiger partial charge in [-0.3, -0.25) is 0 Å². The monoisotopic (exact) mass is 308 g/mol. The third kappa shape index (κ3) is 4.37. The fourth-order valence-corrected chi connectivity index (χ4v) is 4.12. The first-order chi connectivity index (χ1) is 9.58. The highest BCUT2D eigenvalue weighted by Crippen LogP contribution is 2.19. The molecule has 0 saturated carbocycles. The molecular weight excluding hydrogens is 292 g/mol. The topological polar surface area (TPSA) is 54.4 Å². The third-order valence-electron chi connectivity index (χ3n) is 2.70. The van der Waals surface area contributed by atoms with E-state index in [1.807, 2.05) is 30.3 Å². The molecule has 0 aliphatic heterocycles. The van der Waals surface area contributed by atoms with Crippen LogP contribution in [0.15, 0.2) is 70.5 Å². The lowest BCUT2D eigenvalue weighted by Crippen LogP contribution is -2.23. The lowest BCUT2D eigenvalue weighted by molar-refractivity contribution is 0.222. The molecule has 5 heteroatoms. The van der Waals surface area contributed by atoms with E-state index >= 15 is 0 Å². The minimum atomic E-state index is -3.43. The molecule has 0 aliphatic carbocycles. The zero-order valence-electron chi connectivity index (χ0n) is 10.8. The van der Waals surface area contributed by atoms with Gasteiger partial charge in [-0.2, -0.15) is 0 Å². The van der Waals surface area contributed by atoms with Crippen LogP contribution in [0.5, 0.6) is 0 Å². The summed E-state index contributed by atoms with van der Waals surface area (Å²) in [4.78, 5) is 1.27. The Kier molecular flexibility index (Phi) is 5.23. The summed E-state index contributed by atoms with van der Waals surface area (Å²) in [6, 6.07) is 17.8. The van der Waals surface area contributed by atoms with Crippen LogP contribution in [-0.4, -0.2) is 31.1 Å². The van der Waals surface area contributed by atoms with Crippen molar-refractivity contribution in [2.24, 2.45) is 0 Å². The van der Waals surface area contributed by atoms with Crippen molar-refractivity contribution in [3.63, 3.8) is 0 Å². The predicted molar refractivity (Wildman–Crippen MR) is 81.7 cm³/mol. The average Bonchev–Trinajstić information content (AvgIpc) is 2.47. The first-order valence-electron chi connectivity index (χ1n) is 6.21. The van der Waals surface area contributed by atoms with E-state index in [9.17, 15) is 13.5 Å².